The molecule has 3 aromatic rings. The van der Waals surface area contributed by atoms with Crippen molar-refractivity contribution in [2.75, 3.05) is 5.32 Å². The highest BCUT2D eigenvalue weighted by molar-refractivity contribution is 7.16. The summed E-state index contributed by atoms with van der Waals surface area (Å²) >= 11 is 1.39. The van der Waals surface area contributed by atoms with Crippen LogP contribution in [0.2, 0.25) is 0 Å². The van der Waals surface area contributed by atoms with Crippen molar-refractivity contribution in [2.24, 2.45) is 0 Å². The van der Waals surface area contributed by atoms with Crippen molar-refractivity contribution >= 4 is 32.9 Å². The Bertz CT molecular complexity index is 722. The number of hydrogen-bond donors (Lipinski definition) is 2. The minimum atomic E-state index is -0.403. The first-order chi connectivity index (χ1) is 9.25. The van der Waals surface area contributed by atoms with Gasteiger partial charge in [-0.05, 0) is 12.1 Å². The van der Waals surface area contributed by atoms with E-state index >= 15 is 0 Å². The Morgan fingerprint density at radius 1 is 1.47 bits per heavy atom. The molecule has 0 aliphatic carbocycles. The zero-order valence-corrected chi connectivity index (χ0v) is 10.5. The highest BCUT2D eigenvalue weighted by Gasteiger charge is 2.20. The van der Waals surface area contributed by atoms with E-state index < -0.39 is 4.92 Å². The number of fused-ring (bicyclic) bond motifs is 1. The Hall–Kier alpha value is -2.48. The van der Waals surface area contributed by atoms with Crippen molar-refractivity contribution in [1.29, 1.82) is 0 Å². The zero-order valence-electron chi connectivity index (χ0n) is 9.66. The van der Waals surface area contributed by atoms with E-state index in [2.05, 4.69) is 20.5 Å². The standard InChI is InChI=1S/C11H9N5O2S/c17-16(18)11-8(12-3-7-4-14-15-5-7)1-2-9-10(11)13-6-19-9/h1-2,4-6,12H,3H2,(H,14,15). The maximum absolute atomic E-state index is 11.2. The lowest BCUT2D eigenvalue weighted by Gasteiger charge is -2.05. The molecule has 8 heteroatoms. The molecule has 2 aromatic heterocycles. The average Bonchev–Trinajstić information content (AvgIpc) is 3.06. The molecule has 0 saturated heterocycles. The molecule has 2 N–H and O–H groups in total. The lowest BCUT2D eigenvalue weighted by Crippen LogP contribution is -2.02. The Kier molecular flexibility index (Phi) is 2.84. The number of aromatic nitrogens is 3. The Labute approximate surface area is 111 Å². The molecule has 1 aromatic carbocycles. The predicted octanol–water partition coefficient (Wildman–Crippen LogP) is 2.54. The largest absolute Gasteiger partial charge is 0.375 e. The van der Waals surface area contributed by atoms with Crippen molar-refractivity contribution in [3.63, 3.8) is 0 Å². The van der Waals surface area contributed by atoms with Crippen LogP contribution >= 0.6 is 11.3 Å². The predicted molar refractivity (Wildman–Crippen MR) is 72.2 cm³/mol. The van der Waals surface area contributed by atoms with E-state index in [4.69, 9.17) is 0 Å². The first-order valence-electron chi connectivity index (χ1n) is 5.48. The lowest BCUT2D eigenvalue weighted by molar-refractivity contribution is -0.382. The topological polar surface area (TPSA) is 96.7 Å². The first-order valence-corrected chi connectivity index (χ1v) is 6.36. The van der Waals surface area contributed by atoms with Crippen LogP contribution in [-0.4, -0.2) is 20.1 Å². The van der Waals surface area contributed by atoms with Gasteiger partial charge in [0, 0.05) is 18.3 Å². The summed E-state index contributed by atoms with van der Waals surface area (Å²) < 4.78 is 0.806. The fourth-order valence-electron chi connectivity index (χ4n) is 1.82. The van der Waals surface area contributed by atoms with Gasteiger partial charge in [-0.25, -0.2) is 4.98 Å². The van der Waals surface area contributed by atoms with E-state index in [1.165, 1.54) is 11.3 Å². The van der Waals surface area contributed by atoms with Crippen LogP contribution in [0.5, 0.6) is 0 Å². The second-order valence-corrected chi connectivity index (χ2v) is 4.76. The van der Waals surface area contributed by atoms with Crippen molar-refractivity contribution in [3.8, 4) is 0 Å². The van der Waals surface area contributed by atoms with Crippen LogP contribution < -0.4 is 5.32 Å². The van der Waals surface area contributed by atoms with Crippen molar-refractivity contribution in [2.45, 2.75) is 6.54 Å². The fraction of sp³-hybridized carbons (Fsp3) is 0.0909. The molecule has 96 valence electrons. The summed E-state index contributed by atoms with van der Waals surface area (Å²) in [4.78, 5) is 14.9. The summed E-state index contributed by atoms with van der Waals surface area (Å²) in [6.07, 6.45) is 3.40. The van der Waals surface area contributed by atoms with Gasteiger partial charge in [-0.3, -0.25) is 15.2 Å². The molecule has 19 heavy (non-hydrogen) atoms. The SMILES string of the molecule is O=[N+]([O-])c1c(NCc2cn[nH]c2)ccc2scnc12. The zero-order chi connectivity index (χ0) is 13.2. The number of nitrogens with one attached hydrogen (secondary N) is 2. The van der Waals surface area contributed by atoms with E-state index in [-0.39, 0.29) is 5.69 Å². The first kappa shape index (κ1) is 11.6. The molecule has 7 nitrogen and oxygen atoms in total. The van der Waals surface area contributed by atoms with E-state index in [0.29, 0.717) is 17.7 Å². The summed E-state index contributed by atoms with van der Waals surface area (Å²) in [6, 6.07) is 3.54. The minimum absolute atomic E-state index is 0.0160. The number of hydrogen-bond acceptors (Lipinski definition) is 6. The molecule has 0 saturated carbocycles. The van der Waals surface area contributed by atoms with Crippen LogP contribution in [0.3, 0.4) is 0 Å². The number of rotatable bonds is 4. The van der Waals surface area contributed by atoms with E-state index in [1.54, 1.807) is 24.0 Å². The molecular weight excluding hydrogens is 266 g/mol. The normalized spacial score (nSPS) is 10.7. The maximum Gasteiger partial charge on any atom is 0.319 e. The van der Waals surface area contributed by atoms with E-state index in [1.807, 2.05) is 6.07 Å². The fourth-order valence-corrected chi connectivity index (χ4v) is 2.50. The van der Waals surface area contributed by atoms with Crippen LogP contribution in [0.25, 0.3) is 10.2 Å². The number of H-pyrrole nitrogens is 1. The van der Waals surface area contributed by atoms with Gasteiger partial charge in [0.1, 0.15) is 5.69 Å². The third-order valence-corrected chi connectivity index (χ3v) is 3.49. The van der Waals surface area contributed by atoms with Gasteiger partial charge in [-0.2, -0.15) is 5.10 Å². The second-order valence-electron chi connectivity index (χ2n) is 3.88. The molecule has 0 unspecified atom stereocenters. The third-order valence-electron chi connectivity index (χ3n) is 2.70. The van der Waals surface area contributed by atoms with E-state index in [9.17, 15) is 10.1 Å². The molecule has 0 amide bonds. The maximum atomic E-state index is 11.2. The van der Waals surface area contributed by atoms with Crippen LogP contribution in [0.1, 0.15) is 5.56 Å². The molecule has 0 aliphatic heterocycles. The molecule has 0 spiro atoms. The summed E-state index contributed by atoms with van der Waals surface area (Å²) in [5.41, 5.74) is 3.43. The molecule has 0 radical (unpaired) electrons. The quantitative estimate of drug-likeness (QED) is 0.563. The van der Waals surface area contributed by atoms with Gasteiger partial charge < -0.3 is 5.32 Å². The highest BCUT2D eigenvalue weighted by atomic mass is 32.1. The Morgan fingerprint density at radius 2 is 2.37 bits per heavy atom. The minimum Gasteiger partial charge on any atom is -0.375 e. The van der Waals surface area contributed by atoms with Crippen LogP contribution in [-0.2, 0) is 6.54 Å². The van der Waals surface area contributed by atoms with Crippen molar-refractivity contribution < 1.29 is 4.92 Å². The summed E-state index contributed by atoms with van der Waals surface area (Å²) in [6.45, 7) is 0.465. The number of thiazole rings is 1. The van der Waals surface area contributed by atoms with Crippen LogP contribution in [0.15, 0.2) is 30.0 Å². The second kappa shape index (κ2) is 4.65. The van der Waals surface area contributed by atoms with Gasteiger partial charge in [0.05, 0.1) is 21.3 Å². The molecular formula is C11H9N5O2S. The molecule has 0 atom stereocenters. The van der Waals surface area contributed by atoms with Crippen molar-refractivity contribution in [3.05, 3.63) is 45.7 Å². The average molecular weight is 275 g/mol. The number of nitro groups is 1. The number of aromatic amines is 1. The number of nitro benzene ring substituents is 1. The monoisotopic (exact) mass is 275 g/mol. The van der Waals surface area contributed by atoms with Gasteiger partial charge >= 0.3 is 5.69 Å². The Balaban J connectivity index is 1.97. The van der Waals surface area contributed by atoms with E-state index in [0.717, 1.165) is 10.3 Å². The molecule has 3 rings (SSSR count). The lowest BCUT2D eigenvalue weighted by atomic mass is 10.2. The smallest absolute Gasteiger partial charge is 0.319 e. The van der Waals surface area contributed by atoms with Crippen molar-refractivity contribution in [1.82, 2.24) is 15.2 Å². The van der Waals surface area contributed by atoms with Crippen LogP contribution in [0.4, 0.5) is 11.4 Å². The Morgan fingerprint density at radius 3 is 3.11 bits per heavy atom. The number of nitrogens with zero attached hydrogens (tertiary/aromatic N) is 3. The summed E-state index contributed by atoms with van der Waals surface area (Å²) in [5, 5.41) is 20.8. The highest BCUT2D eigenvalue weighted by Crippen LogP contribution is 2.34. The molecule has 2 heterocycles. The van der Waals surface area contributed by atoms with Gasteiger partial charge in [0.25, 0.3) is 0 Å². The number of anilines is 1. The number of benzene rings is 1. The van der Waals surface area contributed by atoms with Gasteiger partial charge in [-0.1, -0.05) is 0 Å². The molecule has 0 aliphatic rings. The summed E-state index contributed by atoms with van der Waals surface area (Å²) in [7, 11) is 0. The van der Waals surface area contributed by atoms with Gasteiger partial charge in [0.15, 0.2) is 5.52 Å². The summed E-state index contributed by atoms with van der Waals surface area (Å²) in [5.74, 6) is 0. The molecule has 0 fully saturated rings. The molecule has 0 bridgehead atoms. The van der Waals surface area contributed by atoms with Gasteiger partial charge in [0.2, 0.25) is 0 Å². The van der Waals surface area contributed by atoms with Crippen LogP contribution in [0, 0.1) is 10.1 Å². The van der Waals surface area contributed by atoms with Gasteiger partial charge in [-0.15, -0.1) is 11.3 Å². The third kappa shape index (κ3) is 2.13.